The summed E-state index contributed by atoms with van der Waals surface area (Å²) < 4.78 is 2.19. The summed E-state index contributed by atoms with van der Waals surface area (Å²) in [6, 6.07) is 20.3. The molecule has 0 unspecified atom stereocenters. The molecule has 1 amide bonds. The monoisotopic (exact) mass is 402 g/mol. The second-order valence-electron chi connectivity index (χ2n) is 7.25. The summed E-state index contributed by atoms with van der Waals surface area (Å²) in [4.78, 5) is 22.7. The van der Waals surface area contributed by atoms with Gasteiger partial charge in [0.05, 0.1) is 16.3 Å². The standard InChI is InChI=1S/C23H22N4OS/c28-23(20-9-6-16-29-20)26-14-12-25(13-15-26)17-19-22(18-7-2-1-3-8-18)24-21-10-4-5-11-27(19)21/h1-11,16H,12-15,17H2. The van der Waals surface area contributed by atoms with Crippen molar-refractivity contribution in [1.29, 1.82) is 0 Å². The van der Waals surface area contributed by atoms with Gasteiger partial charge < -0.3 is 9.30 Å². The third kappa shape index (κ3) is 3.57. The van der Waals surface area contributed by atoms with Gasteiger partial charge in [-0.05, 0) is 23.6 Å². The lowest BCUT2D eigenvalue weighted by molar-refractivity contribution is 0.0631. The number of aromatic nitrogens is 2. The minimum atomic E-state index is 0.152. The van der Waals surface area contributed by atoms with E-state index in [1.807, 2.05) is 46.7 Å². The van der Waals surface area contributed by atoms with E-state index < -0.39 is 0 Å². The van der Waals surface area contributed by atoms with Crippen LogP contribution in [0.3, 0.4) is 0 Å². The van der Waals surface area contributed by atoms with Crippen molar-refractivity contribution in [2.75, 3.05) is 26.2 Å². The lowest BCUT2D eigenvalue weighted by Crippen LogP contribution is -2.48. The summed E-state index contributed by atoms with van der Waals surface area (Å²) in [6.07, 6.45) is 2.08. The van der Waals surface area contributed by atoms with Crippen LogP contribution in [-0.2, 0) is 6.54 Å². The molecule has 0 spiro atoms. The van der Waals surface area contributed by atoms with Gasteiger partial charge in [0.25, 0.3) is 5.91 Å². The second-order valence-corrected chi connectivity index (χ2v) is 8.20. The molecule has 1 saturated heterocycles. The van der Waals surface area contributed by atoms with Crippen LogP contribution < -0.4 is 0 Å². The second kappa shape index (κ2) is 7.81. The highest BCUT2D eigenvalue weighted by Crippen LogP contribution is 2.26. The number of carbonyl (C=O) groups excluding carboxylic acids is 1. The van der Waals surface area contributed by atoms with E-state index in [0.29, 0.717) is 0 Å². The number of benzene rings is 1. The first-order valence-corrected chi connectivity index (χ1v) is 10.7. The van der Waals surface area contributed by atoms with Crippen molar-refractivity contribution in [1.82, 2.24) is 19.2 Å². The highest BCUT2D eigenvalue weighted by molar-refractivity contribution is 7.12. The Kier molecular flexibility index (Phi) is 4.87. The topological polar surface area (TPSA) is 40.9 Å². The van der Waals surface area contributed by atoms with E-state index in [1.54, 1.807) is 0 Å². The van der Waals surface area contributed by atoms with Crippen LogP contribution in [0.1, 0.15) is 15.4 Å². The van der Waals surface area contributed by atoms with Crippen molar-refractivity contribution in [2.24, 2.45) is 0 Å². The van der Waals surface area contributed by atoms with Crippen molar-refractivity contribution >= 4 is 22.9 Å². The van der Waals surface area contributed by atoms with Gasteiger partial charge >= 0.3 is 0 Å². The fraction of sp³-hybridized carbons (Fsp3) is 0.217. The highest BCUT2D eigenvalue weighted by Gasteiger charge is 2.24. The van der Waals surface area contributed by atoms with Gasteiger partial charge in [-0.2, -0.15) is 0 Å². The van der Waals surface area contributed by atoms with E-state index in [2.05, 4.69) is 39.8 Å². The Morgan fingerprint density at radius 3 is 2.48 bits per heavy atom. The summed E-state index contributed by atoms with van der Waals surface area (Å²) in [5.74, 6) is 0.152. The van der Waals surface area contributed by atoms with Crippen LogP contribution in [0.2, 0.25) is 0 Å². The first-order valence-electron chi connectivity index (χ1n) is 9.86. The zero-order chi connectivity index (χ0) is 19.6. The molecule has 0 saturated carbocycles. The predicted octanol–water partition coefficient (Wildman–Crippen LogP) is 4.02. The molecule has 0 N–H and O–H groups in total. The first kappa shape index (κ1) is 18.1. The summed E-state index contributed by atoms with van der Waals surface area (Å²) in [5, 5.41) is 1.96. The molecule has 3 aromatic heterocycles. The minimum absolute atomic E-state index is 0.152. The first-order chi connectivity index (χ1) is 14.3. The average molecular weight is 403 g/mol. The number of hydrogen-bond donors (Lipinski definition) is 0. The maximum Gasteiger partial charge on any atom is 0.264 e. The van der Waals surface area contributed by atoms with Gasteiger partial charge in [0.1, 0.15) is 5.65 Å². The number of piperazine rings is 1. The number of amides is 1. The van der Waals surface area contributed by atoms with Crippen molar-refractivity contribution in [3.8, 4) is 11.3 Å². The third-order valence-electron chi connectivity index (χ3n) is 5.44. The maximum atomic E-state index is 12.6. The quantitative estimate of drug-likeness (QED) is 0.518. The number of imidazole rings is 1. The van der Waals surface area contributed by atoms with E-state index in [4.69, 9.17) is 4.98 Å². The van der Waals surface area contributed by atoms with Crippen LogP contribution in [-0.4, -0.2) is 51.3 Å². The summed E-state index contributed by atoms with van der Waals surface area (Å²) >= 11 is 1.51. The van der Waals surface area contributed by atoms with Gasteiger partial charge in [-0.15, -0.1) is 11.3 Å². The smallest absolute Gasteiger partial charge is 0.264 e. The van der Waals surface area contributed by atoms with E-state index in [9.17, 15) is 4.79 Å². The van der Waals surface area contributed by atoms with Crippen LogP contribution in [0, 0.1) is 0 Å². The molecule has 146 valence electrons. The third-order valence-corrected chi connectivity index (χ3v) is 6.30. The van der Waals surface area contributed by atoms with Crippen molar-refractivity contribution in [3.63, 3.8) is 0 Å². The molecule has 0 radical (unpaired) electrons. The van der Waals surface area contributed by atoms with Gasteiger partial charge in [-0.1, -0.05) is 42.5 Å². The summed E-state index contributed by atoms with van der Waals surface area (Å²) in [5.41, 5.74) is 4.34. The molecule has 0 bridgehead atoms. The lowest BCUT2D eigenvalue weighted by Gasteiger charge is -2.34. The molecular formula is C23H22N4OS. The number of rotatable bonds is 4. The van der Waals surface area contributed by atoms with Crippen LogP contribution in [0.5, 0.6) is 0 Å². The molecule has 6 heteroatoms. The van der Waals surface area contributed by atoms with Crippen LogP contribution >= 0.6 is 11.3 Å². The van der Waals surface area contributed by atoms with E-state index in [1.165, 1.54) is 17.0 Å². The molecule has 5 rings (SSSR count). The summed E-state index contributed by atoms with van der Waals surface area (Å²) in [7, 11) is 0. The number of fused-ring (bicyclic) bond motifs is 1. The molecule has 0 aliphatic carbocycles. The Morgan fingerprint density at radius 1 is 0.931 bits per heavy atom. The molecule has 1 aliphatic heterocycles. The zero-order valence-electron chi connectivity index (χ0n) is 16.1. The van der Waals surface area contributed by atoms with Gasteiger partial charge in [-0.3, -0.25) is 9.69 Å². The molecule has 1 fully saturated rings. The van der Waals surface area contributed by atoms with E-state index in [-0.39, 0.29) is 5.91 Å². The highest BCUT2D eigenvalue weighted by atomic mass is 32.1. The molecule has 5 nitrogen and oxygen atoms in total. The Labute approximate surface area is 173 Å². The van der Waals surface area contributed by atoms with Gasteiger partial charge in [0, 0.05) is 44.5 Å². The maximum absolute atomic E-state index is 12.6. The fourth-order valence-electron chi connectivity index (χ4n) is 3.90. The number of carbonyl (C=O) groups is 1. The molecule has 0 atom stereocenters. The molecule has 1 aromatic carbocycles. The normalized spacial score (nSPS) is 15.1. The van der Waals surface area contributed by atoms with Crippen LogP contribution in [0.4, 0.5) is 0 Å². The molecule has 29 heavy (non-hydrogen) atoms. The summed E-state index contributed by atoms with van der Waals surface area (Å²) in [6.45, 7) is 4.07. The predicted molar refractivity (Wildman–Crippen MR) is 116 cm³/mol. The number of hydrogen-bond acceptors (Lipinski definition) is 4. The molecule has 4 aromatic rings. The van der Waals surface area contributed by atoms with Crippen molar-refractivity contribution in [2.45, 2.75) is 6.54 Å². The zero-order valence-corrected chi connectivity index (χ0v) is 16.9. The average Bonchev–Trinajstić information content (AvgIpc) is 3.43. The van der Waals surface area contributed by atoms with Gasteiger partial charge in [0.15, 0.2) is 0 Å². The number of pyridine rings is 1. The Balaban J connectivity index is 1.37. The molecule has 1 aliphatic rings. The van der Waals surface area contributed by atoms with Crippen LogP contribution in [0.15, 0.2) is 72.2 Å². The largest absolute Gasteiger partial charge is 0.335 e. The molecular weight excluding hydrogens is 380 g/mol. The Morgan fingerprint density at radius 2 is 1.72 bits per heavy atom. The Hall–Kier alpha value is -2.96. The van der Waals surface area contributed by atoms with Crippen molar-refractivity contribution < 1.29 is 4.79 Å². The molecule has 4 heterocycles. The lowest BCUT2D eigenvalue weighted by atomic mass is 10.1. The Bertz CT molecular complexity index is 1110. The number of nitrogens with zero attached hydrogens (tertiary/aromatic N) is 4. The number of thiophene rings is 1. The van der Waals surface area contributed by atoms with E-state index in [0.717, 1.165) is 54.5 Å². The van der Waals surface area contributed by atoms with Crippen molar-refractivity contribution in [3.05, 3.63) is 82.8 Å². The van der Waals surface area contributed by atoms with Gasteiger partial charge in [0.2, 0.25) is 0 Å². The van der Waals surface area contributed by atoms with Gasteiger partial charge in [-0.25, -0.2) is 4.98 Å². The minimum Gasteiger partial charge on any atom is -0.335 e. The SMILES string of the molecule is O=C(c1cccs1)N1CCN(Cc2c(-c3ccccc3)nc3ccccn23)CC1. The van der Waals surface area contributed by atoms with Crippen LogP contribution in [0.25, 0.3) is 16.9 Å². The van der Waals surface area contributed by atoms with E-state index >= 15 is 0 Å². The fourth-order valence-corrected chi connectivity index (χ4v) is 4.59.